The van der Waals surface area contributed by atoms with Gasteiger partial charge in [-0.05, 0) is 68.4 Å². The number of piperidine rings is 2. The Morgan fingerprint density at radius 3 is 2.60 bits per heavy atom. The van der Waals surface area contributed by atoms with Crippen molar-refractivity contribution >= 4 is 57.5 Å². The van der Waals surface area contributed by atoms with E-state index in [0.29, 0.717) is 53.9 Å². The van der Waals surface area contributed by atoms with Crippen molar-refractivity contribution in [3.8, 4) is 5.75 Å². The predicted octanol–water partition coefficient (Wildman–Crippen LogP) is 3.39. The van der Waals surface area contributed by atoms with Crippen molar-refractivity contribution in [1.82, 2.24) is 39.5 Å². The molecule has 1 unspecified atom stereocenters. The maximum atomic E-state index is 16.1. The number of aromatic nitrogens is 5. The van der Waals surface area contributed by atoms with Gasteiger partial charge < -0.3 is 15.0 Å². The number of benzene rings is 2. The molecule has 5 aromatic rings. The smallest absolute Gasteiger partial charge is 0.262 e. The average molecular weight is 775 g/mol. The van der Waals surface area contributed by atoms with Crippen LogP contribution in [0.5, 0.6) is 5.75 Å². The number of nitrogens with zero attached hydrogens (tertiary/aromatic N) is 8. The Morgan fingerprint density at radius 2 is 1.81 bits per heavy atom. The van der Waals surface area contributed by atoms with Gasteiger partial charge in [-0.2, -0.15) is 10.2 Å². The number of imide groups is 2. The van der Waals surface area contributed by atoms with Crippen LogP contribution in [0.4, 0.5) is 15.8 Å². The molecule has 0 spiro atoms. The van der Waals surface area contributed by atoms with Crippen LogP contribution in [0.1, 0.15) is 75.6 Å². The largest absolute Gasteiger partial charge is 0.492 e. The number of carbonyl (C=O) groups is 5. The minimum Gasteiger partial charge on any atom is -0.492 e. The number of anilines is 2. The molecule has 3 aromatic heterocycles. The van der Waals surface area contributed by atoms with E-state index >= 15 is 4.39 Å². The highest BCUT2D eigenvalue weighted by Crippen LogP contribution is 2.37. The van der Waals surface area contributed by atoms with Crippen LogP contribution in [0.25, 0.3) is 16.6 Å². The van der Waals surface area contributed by atoms with Gasteiger partial charge in [-0.25, -0.2) is 13.9 Å². The van der Waals surface area contributed by atoms with Gasteiger partial charge in [0.15, 0.2) is 11.3 Å². The first-order valence-electron chi connectivity index (χ1n) is 19.4. The SMILES string of the molecule is O=C1CCC(N2C(=O)c3ccc(N4CC(F)(CN5CCC(n6cc7cc(C(=O)Nc8cnn9cccnc89)c(OCC8CC8)cc7n6)CC5)C4)cc3C2=O)C(=O)N1. The third kappa shape index (κ3) is 6.44. The number of ether oxygens (including phenoxy) is 1. The lowest BCUT2D eigenvalue weighted by Crippen LogP contribution is -2.64. The highest BCUT2D eigenvalue weighted by Gasteiger charge is 2.48. The predicted molar refractivity (Wildman–Crippen MR) is 203 cm³/mol. The summed E-state index contributed by atoms with van der Waals surface area (Å²) in [5.74, 6) is -1.60. The zero-order valence-electron chi connectivity index (χ0n) is 30.9. The van der Waals surface area contributed by atoms with Crippen LogP contribution in [0.2, 0.25) is 0 Å². The molecule has 2 aromatic carbocycles. The number of amides is 5. The summed E-state index contributed by atoms with van der Waals surface area (Å²) < 4.78 is 25.8. The molecule has 16 nitrogen and oxygen atoms in total. The number of alkyl halides is 1. The van der Waals surface area contributed by atoms with Gasteiger partial charge in [-0.3, -0.25) is 43.8 Å². The zero-order valence-corrected chi connectivity index (χ0v) is 30.9. The number of likely N-dealkylation sites (tertiary alicyclic amines) is 1. The Morgan fingerprint density at radius 1 is 1.00 bits per heavy atom. The lowest BCUT2D eigenvalue weighted by Gasteiger charge is -2.48. The van der Waals surface area contributed by atoms with Gasteiger partial charge in [0, 0.05) is 61.8 Å². The van der Waals surface area contributed by atoms with Crippen LogP contribution in [-0.4, -0.2) is 115 Å². The zero-order chi connectivity index (χ0) is 39.0. The van der Waals surface area contributed by atoms with E-state index in [4.69, 9.17) is 9.84 Å². The number of hydrogen-bond acceptors (Lipinski definition) is 11. The number of halogens is 1. The van der Waals surface area contributed by atoms with E-state index in [1.165, 1.54) is 0 Å². The molecule has 1 aliphatic carbocycles. The molecular weight excluding hydrogens is 736 g/mol. The normalized spacial score (nSPS) is 21.2. The lowest BCUT2D eigenvalue weighted by molar-refractivity contribution is -0.136. The van der Waals surface area contributed by atoms with Gasteiger partial charge in [0.2, 0.25) is 11.8 Å². The minimum atomic E-state index is -1.45. The topological polar surface area (TPSA) is 176 Å². The fourth-order valence-electron chi connectivity index (χ4n) is 8.47. The molecule has 3 saturated heterocycles. The van der Waals surface area contributed by atoms with Crippen LogP contribution in [0, 0.1) is 5.92 Å². The first-order valence-corrected chi connectivity index (χ1v) is 19.4. The molecule has 1 atom stereocenters. The van der Waals surface area contributed by atoms with E-state index in [1.54, 1.807) is 47.4 Å². The van der Waals surface area contributed by atoms with Gasteiger partial charge in [0.05, 0.1) is 54.1 Å². The highest BCUT2D eigenvalue weighted by molar-refractivity contribution is 6.23. The van der Waals surface area contributed by atoms with E-state index in [1.807, 2.05) is 27.9 Å². The maximum Gasteiger partial charge on any atom is 0.262 e. The summed E-state index contributed by atoms with van der Waals surface area (Å²) in [5, 5.41) is 15.1. The van der Waals surface area contributed by atoms with E-state index < -0.39 is 35.3 Å². The Labute approximate surface area is 324 Å². The van der Waals surface area contributed by atoms with Crippen LogP contribution in [0.15, 0.2) is 61.2 Å². The molecule has 1 saturated carbocycles. The molecule has 0 bridgehead atoms. The third-order valence-electron chi connectivity index (χ3n) is 11.7. The molecule has 4 aliphatic heterocycles. The second-order valence-corrected chi connectivity index (χ2v) is 15.9. The number of nitrogens with one attached hydrogen (secondary N) is 2. The number of fused-ring (bicyclic) bond motifs is 3. The van der Waals surface area contributed by atoms with Gasteiger partial charge in [-0.1, -0.05) is 0 Å². The molecule has 7 heterocycles. The highest BCUT2D eigenvalue weighted by atomic mass is 19.1. The quantitative estimate of drug-likeness (QED) is 0.199. The molecule has 292 valence electrons. The van der Waals surface area contributed by atoms with E-state index in [0.717, 1.165) is 41.5 Å². The third-order valence-corrected chi connectivity index (χ3v) is 11.7. The summed E-state index contributed by atoms with van der Waals surface area (Å²) in [6.07, 6.45) is 10.9. The lowest BCUT2D eigenvalue weighted by atomic mass is 9.92. The number of carbonyl (C=O) groups excluding carboxylic acids is 5. The Balaban J connectivity index is 0.772. The van der Waals surface area contributed by atoms with E-state index in [9.17, 15) is 24.0 Å². The van der Waals surface area contributed by atoms with Gasteiger partial charge in [0.25, 0.3) is 17.7 Å². The van der Waals surface area contributed by atoms with Crippen molar-refractivity contribution in [2.45, 2.75) is 56.3 Å². The van der Waals surface area contributed by atoms with Crippen LogP contribution >= 0.6 is 0 Å². The molecule has 2 N–H and O–H groups in total. The number of rotatable bonds is 10. The van der Waals surface area contributed by atoms with Crippen LogP contribution in [0.3, 0.4) is 0 Å². The monoisotopic (exact) mass is 774 g/mol. The Hall–Kier alpha value is -6.23. The first-order chi connectivity index (χ1) is 27.6. The van der Waals surface area contributed by atoms with E-state index in [-0.39, 0.29) is 55.6 Å². The van der Waals surface area contributed by atoms with Crippen molar-refractivity contribution in [2.75, 3.05) is 49.5 Å². The second kappa shape index (κ2) is 13.5. The van der Waals surface area contributed by atoms with Gasteiger partial charge in [0.1, 0.15) is 17.5 Å². The maximum absolute atomic E-state index is 16.1. The molecule has 17 heteroatoms. The van der Waals surface area contributed by atoms with Crippen molar-refractivity contribution in [3.05, 3.63) is 77.9 Å². The van der Waals surface area contributed by atoms with Crippen molar-refractivity contribution in [2.24, 2.45) is 5.92 Å². The van der Waals surface area contributed by atoms with Crippen molar-refractivity contribution in [3.63, 3.8) is 0 Å². The van der Waals surface area contributed by atoms with E-state index in [2.05, 4.69) is 25.6 Å². The summed E-state index contributed by atoms with van der Waals surface area (Å²) >= 11 is 0. The minimum absolute atomic E-state index is 0.0453. The molecule has 5 aliphatic rings. The molecular formula is C40H39FN10O6. The second-order valence-electron chi connectivity index (χ2n) is 15.9. The Bertz CT molecular complexity index is 2500. The summed E-state index contributed by atoms with van der Waals surface area (Å²) in [5.41, 5.74) is 1.73. The summed E-state index contributed by atoms with van der Waals surface area (Å²) in [6.45, 7) is 2.47. The standard InChI is InChI=1S/C40H39FN10O6/c41-40(21-48(22-40)26-4-5-27-28(15-26)39(56)51(38(27)55)32-6-7-34(52)45-37(32)54)20-47-12-8-25(9-13-47)50-18-24-14-29(33(16-30(24)46-50)57-19-23-2-3-23)36(53)44-31-17-43-49-11-1-10-42-35(31)49/h1,4-5,10-11,14-18,23,25,32H,2-3,6-9,12-13,19-22H2,(H,44,53)(H,45,52,54). The summed E-state index contributed by atoms with van der Waals surface area (Å²) in [6, 6.07) is 9.34. The molecule has 10 rings (SSSR count). The molecule has 0 radical (unpaired) electrons. The van der Waals surface area contributed by atoms with Gasteiger partial charge >= 0.3 is 0 Å². The van der Waals surface area contributed by atoms with Crippen LogP contribution < -0.4 is 20.3 Å². The van der Waals surface area contributed by atoms with Crippen molar-refractivity contribution in [1.29, 1.82) is 0 Å². The first kappa shape index (κ1) is 35.2. The summed E-state index contributed by atoms with van der Waals surface area (Å²) in [4.78, 5) is 73.3. The van der Waals surface area contributed by atoms with Crippen LogP contribution in [-0.2, 0) is 9.59 Å². The fraction of sp³-hybridized carbons (Fsp3) is 0.400. The Kier molecular flexibility index (Phi) is 8.31. The fourth-order valence-corrected chi connectivity index (χ4v) is 8.47. The van der Waals surface area contributed by atoms with Gasteiger partial charge in [-0.15, -0.1) is 0 Å². The molecule has 57 heavy (non-hydrogen) atoms. The molecule has 5 amide bonds. The average Bonchev–Trinajstić information content (AvgIpc) is 3.72. The van der Waals surface area contributed by atoms with Crippen molar-refractivity contribution < 1.29 is 33.1 Å². The molecule has 4 fully saturated rings. The number of hydrogen-bond donors (Lipinski definition) is 2. The summed E-state index contributed by atoms with van der Waals surface area (Å²) in [7, 11) is 0.